The number of Topliss-reactive ketones (excluding diaryl/α,β-unsaturated/α-hetero) is 1. The van der Waals surface area contributed by atoms with E-state index in [4.69, 9.17) is 0 Å². The highest BCUT2D eigenvalue weighted by molar-refractivity contribution is 7.13. The molecule has 0 atom stereocenters. The lowest BCUT2D eigenvalue weighted by molar-refractivity contribution is 0.102. The maximum atomic E-state index is 10.9. The summed E-state index contributed by atoms with van der Waals surface area (Å²) in [6.45, 7) is 3.73. The van der Waals surface area contributed by atoms with Crippen LogP contribution in [0.4, 0.5) is 0 Å². The van der Waals surface area contributed by atoms with Crippen molar-refractivity contribution in [3.05, 3.63) is 16.1 Å². The van der Waals surface area contributed by atoms with Gasteiger partial charge in [-0.1, -0.05) is 13.3 Å². The molecule has 0 bridgehead atoms. The van der Waals surface area contributed by atoms with Gasteiger partial charge in [0.2, 0.25) is 0 Å². The van der Waals surface area contributed by atoms with Gasteiger partial charge in [0.05, 0.1) is 9.88 Å². The summed E-state index contributed by atoms with van der Waals surface area (Å²) in [5, 5.41) is 1.09. The fraction of sp³-hybridized carbons (Fsp3) is 0.556. The van der Waals surface area contributed by atoms with E-state index in [1.54, 1.807) is 13.1 Å². The molecule has 0 radical (unpaired) electrons. The van der Waals surface area contributed by atoms with Gasteiger partial charge in [-0.25, -0.2) is 4.98 Å². The predicted molar refractivity (Wildman–Crippen MR) is 50.7 cm³/mol. The number of aromatic nitrogens is 1. The number of hydrogen-bond donors (Lipinski definition) is 0. The Labute approximate surface area is 76.6 Å². The molecule has 0 amide bonds. The Balaban J connectivity index is 2.58. The number of thiazole rings is 1. The van der Waals surface area contributed by atoms with Crippen molar-refractivity contribution in [2.75, 3.05) is 0 Å². The van der Waals surface area contributed by atoms with Crippen molar-refractivity contribution < 1.29 is 4.79 Å². The van der Waals surface area contributed by atoms with Gasteiger partial charge in [0.15, 0.2) is 5.78 Å². The number of nitrogens with zero attached hydrogens (tertiary/aromatic N) is 1. The van der Waals surface area contributed by atoms with Gasteiger partial charge in [0.25, 0.3) is 0 Å². The van der Waals surface area contributed by atoms with Gasteiger partial charge in [-0.3, -0.25) is 4.79 Å². The van der Waals surface area contributed by atoms with Crippen LogP contribution in [-0.4, -0.2) is 10.8 Å². The highest BCUT2D eigenvalue weighted by atomic mass is 32.1. The van der Waals surface area contributed by atoms with E-state index >= 15 is 0 Å². The molecule has 1 aromatic heterocycles. The Bertz CT molecular complexity index is 267. The van der Waals surface area contributed by atoms with Gasteiger partial charge in [-0.05, 0) is 12.8 Å². The second kappa shape index (κ2) is 4.36. The summed E-state index contributed by atoms with van der Waals surface area (Å²) in [4.78, 5) is 15.9. The number of hydrogen-bond acceptors (Lipinski definition) is 3. The van der Waals surface area contributed by atoms with Gasteiger partial charge >= 0.3 is 0 Å². The van der Waals surface area contributed by atoms with Crippen molar-refractivity contribution in [1.82, 2.24) is 4.98 Å². The number of unbranched alkanes of at least 4 members (excludes halogenated alkanes) is 1. The monoisotopic (exact) mass is 183 g/mol. The molecule has 1 heterocycles. The molecule has 1 rings (SSSR count). The van der Waals surface area contributed by atoms with Crippen molar-refractivity contribution in [1.29, 1.82) is 0 Å². The summed E-state index contributed by atoms with van der Waals surface area (Å²) in [5.74, 6) is 0.121. The molecule has 1 aromatic rings. The minimum Gasteiger partial charge on any atom is -0.294 e. The minimum atomic E-state index is 0.121. The molecule has 0 saturated carbocycles. The zero-order valence-corrected chi connectivity index (χ0v) is 8.28. The summed E-state index contributed by atoms with van der Waals surface area (Å²) in [6.07, 6.45) is 5.02. The molecule has 0 fully saturated rings. The lowest BCUT2D eigenvalue weighted by Crippen LogP contribution is -1.83. The maximum Gasteiger partial charge on any atom is 0.171 e. The molecule has 0 aromatic carbocycles. The number of carbonyl (C=O) groups excluding carboxylic acids is 1. The SMILES string of the molecule is CCCCc1ncc(C(C)=O)s1. The van der Waals surface area contributed by atoms with Crippen LogP contribution < -0.4 is 0 Å². The van der Waals surface area contributed by atoms with Crippen LogP contribution in [0.2, 0.25) is 0 Å². The largest absolute Gasteiger partial charge is 0.294 e. The van der Waals surface area contributed by atoms with Crippen LogP contribution in [0.15, 0.2) is 6.20 Å². The third kappa shape index (κ3) is 2.41. The van der Waals surface area contributed by atoms with Crippen LogP contribution in [0, 0.1) is 0 Å². The maximum absolute atomic E-state index is 10.9. The van der Waals surface area contributed by atoms with E-state index in [-0.39, 0.29) is 5.78 Å². The third-order valence-electron chi connectivity index (χ3n) is 1.64. The molecule has 3 heteroatoms. The Morgan fingerprint density at radius 3 is 2.92 bits per heavy atom. The van der Waals surface area contributed by atoms with Gasteiger partial charge in [0, 0.05) is 13.1 Å². The summed E-state index contributed by atoms with van der Waals surface area (Å²) in [5.41, 5.74) is 0. The van der Waals surface area contributed by atoms with Crippen molar-refractivity contribution >= 4 is 17.1 Å². The zero-order chi connectivity index (χ0) is 8.97. The van der Waals surface area contributed by atoms with Gasteiger partial charge < -0.3 is 0 Å². The summed E-state index contributed by atoms with van der Waals surface area (Å²) >= 11 is 1.52. The first-order chi connectivity index (χ1) is 5.74. The Morgan fingerprint density at radius 1 is 1.67 bits per heavy atom. The van der Waals surface area contributed by atoms with Crippen LogP contribution in [0.5, 0.6) is 0 Å². The predicted octanol–water partition coefficient (Wildman–Crippen LogP) is 2.69. The van der Waals surface area contributed by atoms with Crippen molar-refractivity contribution in [2.45, 2.75) is 33.1 Å². The Morgan fingerprint density at radius 2 is 2.42 bits per heavy atom. The van der Waals surface area contributed by atoms with Crippen molar-refractivity contribution in [3.8, 4) is 0 Å². The van der Waals surface area contributed by atoms with Crippen LogP contribution in [0.25, 0.3) is 0 Å². The number of aryl methyl sites for hydroxylation is 1. The van der Waals surface area contributed by atoms with E-state index in [1.165, 1.54) is 17.8 Å². The van der Waals surface area contributed by atoms with Crippen LogP contribution in [0.1, 0.15) is 41.4 Å². The van der Waals surface area contributed by atoms with Crippen LogP contribution >= 0.6 is 11.3 Å². The first kappa shape index (κ1) is 9.39. The fourth-order valence-corrected chi connectivity index (χ4v) is 1.77. The number of ketones is 1. The lowest BCUT2D eigenvalue weighted by atomic mass is 10.3. The second-order valence-electron chi connectivity index (χ2n) is 2.78. The molecular weight excluding hydrogens is 170 g/mol. The molecule has 0 saturated heterocycles. The number of rotatable bonds is 4. The average Bonchev–Trinajstić information content (AvgIpc) is 2.48. The lowest BCUT2D eigenvalue weighted by Gasteiger charge is -1.90. The fourth-order valence-electron chi connectivity index (χ4n) is 0.917. The highest BCUT2D eigenvalue weighted by Crippen LogP contribution is 2.15. The molecule has 0 aliphatic heterocycles. The zero-order valence-electron chi connectivity index (χ0n) is 7.46. The van der Waals surface area contributed by atoms with E-state index in [1.807, 2.05) is 0 Å². The van der Waals surface area contributed by atoms with E-state index in [9.17, 15) is 4.79 Å². The van der Waals surface area contributed by atoms with E-state index < -0.39 is 0 Å². The molecule has 66 valence electrons. The highest BCUT2D eigenvalue weighted by Gasteiger charge is 2.04. The molecule has 0 aliphatic rings. The van der Waals surface area contributed by atoms with E-state index in [2.05, 4.69) is 11.9 Å². The summed E-state index contributed by atoms with van der Waals surface area (Å²) in [7, 11) is 0. The molecule has 0 spiro atoms. The minimum absolute atomic E-state index is 0.121. The van der Waals surface area contributed by atoms with E-state index in [0.29, 0.717) is 0 Å². The third-order valence-corrected chi connectivity index (χ3v) is 2.80. The van der Waals surface area contributed by atoms with E-state index in [0.717, 1.165) is 22.7 Å². The second-order valence-corrected chi connectivity index (χ2v) is 3.89. The van der Waals surface area contributed by atoms with Gasteiger partial charge in [-0.15, -0.1) is 11.3 Å². The Kier molecular flexibility index (Phi) is 3.41. The first-order valence-electron chi connectivity index (χ1n) is 4.19. The quantitative estimate of drug-likeness (QED) is 0.672. The Hall–Kier alpha value is -0.700. The topological polar surface area (TPSA) is 30.0 Å². The van der Waals surface area contributed by atoms with Gasteiger partial charge in [-0.2, -0.15) is 0 Å². The molecular formula is C9H13NOS. The number of carbonyl (C=O) groups is 1. The summed E-state index contributed by atoms with van der Waals surface area (Å²) in [6, 6.07) is 0. The molecule has 2 nitrogen and oxygen atoms in total. The van der Waals surface area contributed by atoms with Gasteiger partial charge in [0.1, 0.15) is 0 Å². The smallest absolute Gasteiger partial charge is 0.171 e. The molecule has 12 heavy (non-hydrogen) atoms. The molecule has 0 N–H and O–H groups in total. The summed E-state index contributed by atoms with van der Waals surface area (Å²) < 4.78 is 0. The molecule has 0 aliphatic carbocycles. The molecule has 0 unspecified atom stereocenters. The first-order valence-corrected chi connectivity index (χ1v) is 5.01. The van der Waals surface area contributed by atoms with Crippen molar-refractivity contribution in [3.63, 3.8) is 0 Å². The van der Waals surface area contributed by atoms with Crippen LogP contribution in [0.3, 0.4) is 0 Å². The average molecular weight is 183 g/mol. The van der Waals surface area contributed by atoms with Crippen LogP contribution in [-0.2, 0) is 6.42 Å². The normalized spacial score (nSPS) is 10.2. The standard InChI is InChI=1S/C9H13NOS/c1-3-4-5-9-10-6-8(12-9)7(2)11/h6H,3-5H2,1-2H3. The van der Waals surface area contributed by atoms with Crippen molar-refractivity contribution in [2.24, 2.45) is 0 Å².